The van der Waals surface area contributed by atoms with Crippen LogP contribution in [0.4, 0.5) is 0 Å². The first-order valence-electron chi connectivity index (χ1n) is 31.7. The van der Waals surface area contributed by atoms with Gasteiger partial charge in [-0.1, -0.05) is 55.2 Å². The molecule has 7 heterocycles. The van der Waals surface area contributed by atoms with Crippen LogP contribution in [-0.4, -0.2) is 184 Å². The molecular weight excluding hydrogens is 1370 g/mol. The Labute approximate surface area is 584 Å². The number of rotatable bonds is 13. The molecule has 2 fully saturated rings. The van der Waals surface area contributed by atoms with Crippen LogP contribution >= 0.6 is 23.2 Å². The number of halogens is 2. The molecule has 22 N–H and O–H groups in total. The lowest BCUT2D eigenvalue weighted by Gasteiger charge is -2.47. The van der Waals surface area contributed by atoms with Gasteiger partial charge in [0.2, 0.25) is 53.4 Å². The first kappa shape index (κ1) is 74.5. The number of hydrogen-bond acceptors (Lipinski definition) is 25. The van der Waals surface area contributed by atoms with Gasteiger partial charge in [0.1, 0.15) is 89.5 Å². The van der Waals surface area contributed by atoms with Crippen molar-refractivity contribution >= 4 is 70.5 Å². The maximum atomic E-state index is 16.0. The fourth-order valence-electron chi connectivity index (χ4n) is 12.4. The van der Waals surface area contributed by atoms with E-state index in [1.54, 1.807) is 13.8 Å². The number of carbonyl (C=O) groups is 8. The van der Waals surface area contributed by atoms with Crippen molar-refractivity contribution in [2.75, 3.05) is 6.61 Å². The summed E-state index contributed by atoms with van der Waals surface area (Å²) >= 11 is 14.1. The highest BCUT2D eigenvalue weighted by atomic mass is 35.5. The Morgan fingerprint density at radius 1 is 0.713 bits per heavy atom. The van der Waals surface area contributed by atoms with E-state index in [2.05, 4.69) is 31.9 Å². The lowest BCUT2D eigenvalue weighted by atomic mass is 9.86. The minimum absolute atomic E-state index is 0.0850. The maximum absolute atomic E-state index is 16.0. The molecule has 33 nitrogen and oxygen atoms in total. The van der Waals surface area contributed by atoms with Crippen molar-refractivity contribution in [1.82, 2.24) is 31.9 Å². The Kier molecular flexibility index (Phi) is 22.2. The van der Waals surface area contributed by atoms with Gasteiger partial charge in [0.15, 0.2) is 29.9 Å². The molecule has 18 unspecified atom stereocenters. The monoisotopic (exact) mass is 1450 g/mol. The number of aliphatic carboxylic acids is 1. The number of benzene rings is 5. The first-order valence-corrected chi connectivity index (χ1v) is 32.4. The van der Waals surface area contributed by atoms with Gasteiger partial charge >= 0.3 is 5.97 Å². The molecule has 2 saturated heterocycles. The Hall–Kier alpha value is -9.20. The summed E-state index contributed by atoms with van der Waals surface area (Å²) in [5, 5.41) is 128. The number of amides is 7. The molecule has 7 aliphatic heterocycles. The van der Waals surface area contributed by atoms with E-state index in [0.29, 0.717) is 0 Å². The minimum Gasteiger partial charge on any atom is -0.508 e. The van der Waals surface area contributed by atoms with Crippen LogP contribution in [-0.2, 0) is 52.6 Å². The van der Waals surface area contributed by atoms with Gasteiger partial charge < -0.3 is 129 Å². The predicted molar refractivity (Wildman–Crippen MR) is 349 cm³/mol. The van der Waals surface area contributed by atoms with E-state index in [1.807, 2.05) is 0 Å². The lowest BCUT2D eigenvalue weighted by molar-refractivity contribution is -0.333. The number of nitrogens with one attached hydrogen (secondary N) is 6. The van der Waals surface area contributed by atoms with Crippen LogP contribution in [0.15, 0.2) is 78.9 Å². The summed E-state index contributed by atoms with van der Waals surface area (Å²) in [6.07, 6.45) is -18.9. The molecule has 5 aromatic carbocycles. The Bertz CT molecular complexity index is 4070. The summed E-state index contributed by atoms with van der Waals surface area (Å²) in [5.74, 6) is -15.8. The number of primary amides is 1. The molecule has 0 saturated carbocycles. The van der Waals surface area contributed by atoms with Crippen LogP contribution < -0.4 is 63.3 Å². The summed E-state index contributed by atoms with van der Waals surface area (Å²) < 4.78 is 38.3. The number of carboxylic acids is 1. The standard InChI is InChI=1S/C66H75Cl2N9O24/c1-23(2)13-34(69)58(88)76-49-51(83)26-6-10-38(32(67)15-26)97-40-17-28-18-41(55(40)101-65-56(54(86)53(85)42(22-78)99-65)100-44-21-66(4,71)57(87)24(3)96-44)98-39-11-7-27(16-33(39)68)52(84)50-63(93)75-48(64(94)95)31-19-29(79)20-37(81)45(31)30-14-25(5-9-36(30)80)46(60(90)77-50)74-61(91)47(28)73-59(89)35(72-62(49)92)8-12-43(70)82/h5-7,9-11,14-20,23-24,34-35,42,44,46-54,56-57,65,78-81,83-87H,8,12-13,21-22,69,71H2,1-4H3,(H2,70,82)(H,72,92)(H,73,89)(H,74,91)(H,75,93)(H,76,88)(H,77,90)(H,94,95). The molecule has 0 spiro atoms. The molecular formula is C66H75Cl2N9O24. The van der Waals surface area contributed by atoms with Crippen molar-refractivity contribution in [3.63, 3.8) is 0 Å². The van der Waals surface area contributed by atoms with E-state index in [1.165, 1.54) is 26.0 Å². The van der Waals surface area contributed by atoms with Crippen LogP contribution in [0.1, 0.15) is 112 Å². The van der Waals surface area contributed by atoms with Gasteiger partial charge in [-0.2, -0.15) is 0 Å². The Morgan fingerprint density at radius 3 is 1.91 bits per heavy atom. The van der Waals surface area contributed by atoms with Gasteiger partial charge in [0, 0.05) is 41.1 Å². The zero-order chi connectivity index (χ0) is 73.5. The van der Waals surface area contributed by atoms with Crippen molar-refractivity contribution in [2.45, 2.75) is 163 Å². The van der Waals surface area contributed by atoms with Crippen molar-refractivity contribution in [2.24, 2.45) is 23.1 Å². The van der Waals surface area contributed by atoms with Crippen molar-refractivity contribution < 1.29 is 118 Å². The van der Waals surface area contributed by atoms with E-state index in [4.69, 9.17) is 68.8 Å². The molecule has 35 heteroatoms. The van der Waals surface area contributed by atoms with Gasteiger partial charge in [-0.25, -0.2) is 4.79 Å². The predicted octanol–water partition coefficient (Wildman–Crippen LogP) is 0.236. The smallest absolute Gasteiger partial charge is 0.330 e. The quantitative estimate of drug-likeness (QED) is 0.0750. The molecule has 542 valence electrons. The third-order valence-electron chi connectivity index (χ3n) is 17.7. The summed E-state index contributed by atoms with van der Waals surface area (Å²) in [4.78, 5) is 116. The molecule has 0 aromatic heterocycles. The van der Waals surface area contributed by atoms with E-state index in [0.717, 1.165) is 66.7 Å². The number of carbonyl (C=O) groups excluding carboxylic acids is 7. The SMILES string of the molecule is CC(C)CC(N)C(=O)NC1C(=O)NC(CCC(N)=O)C(=O)NC2C(=O)NC3C(=O)NC(C(=O)NC(C(=O)O)c4cc(O)cc(O)c4-c4cc3ccc4O)C(O)c3ccc(c(Cl)c3)Oc3cc2cc(c3OC2OC(CO)C(O)C(O)C2OC2CC(C)(N)C(O)C(C)O2)Oc2ccc(cc2Cl)C1O. The molecule has 101 heavy (non-hydrogen) atoms. The molecule has 18 atom stereocenters. The number of carboxylic acid groups (broad SMARTS) is 1. The van der Waals surface area contributed by atoms with Gasteiger partial charge in [0.25, 0.3) is 0 Å². The number of phenols is 3. The average Bonchev–Trinajstić information content (AvgIpc) is 0.769. The highest BCUT2D eigenvalue weighted by Gasteiger charge is 2.51. The number of fused-ring (bicyclic) bond motifs is 15. The highest BCUT2D eigenvalue weighted by Crippen LogP contribution is 2.50. The first-order chi connectivity index (χ1) is 47.6. The third kappa shape index (κ3) is 16.0. The molecule has 0 radical (unpaired) electrons. The van der Waals surface area contributed by atoms with Gasteiger partial charge in [-0.05, 0) is 109 Å². The molecule has 0 aliphatic carbocycles. The van der Waals surface area contributed by atoms with Crippen LogP contribution in [0.5, 0.6) is 46.0 Å². The Morgan fingerprint density at radius 2 is 1.32 bits per heavy atom. The number of aromatic hydroxyl groups is 3. The van der Waals surface area contributed by atoms with Gasteiger partial charge in [-0.15, -0.1) is 0 Å². The molecule has 7 amide bonds. The molecule has 5 aromatic rings. The summed E-state index contributed by atoms with van der Waals surface area (Å²) in [6, 6.07) is -0.721. The van der Waals surface area contributed by atoms with Crippen LogP contribution in [0.2, 0.25) is 10.0 Å². The highest BCUT2D eigenvalue weighted by molar-refractivity contribution is 6.32. The van der Waals surface area contributed by atoms with Crippen molar-refractivity contribution in [3.8, 4) is 57.1 Å². The second-order valence-corrected chi connectivity index (χ2v) is 26.6. The fraction of sp³-hybridized carbons (Fsp3) is 0.424. The van der Waals surface area contributed by atoms with Crippen molar-refractivity contribution in [3.05, 3.63) is 117 Å². The van der Waals surface area contributed by atoms with E-state index in [9.17, 15) is 75.0 Å². The van der Waals surface area contributed by atoms with Gasteiger partial charge in [-0.3, -0.25) is 33.6 Å². The zero-order valence-electron chi connectivity index (χ0n) is 54.1. The third-order valence-corrected chi connectivity index (χ3v) is 18.3. The Balaban J connectivity index is 1.24. The lowest BCUT2D eigenvalue weighted by Crippen LogP contribution is -2.64. The second-order valence-electron chi connectivity index (χ2n) is 25.8. The topological polar surface area (TPSA) is 544 Å². The number of aliphatic hydroxyl groups excluding tert-OH is 6. The summed E-state index contributed by atoms with van der Waals surface area (Å²) in [6.45, 7) is 5.56. The molecule has 7 aliphatic rings. The number of phenolic OH excluding ortho intramolecular Hbond substituents is 3. The van der Waals surface area contributed by atoms with Crippen molar-refractivity contribution in [1.29, 1.82) is 0 Å². The number of hydrogen-bond donors (Lipinski definition) is 19. The van der Waals surface area contributed by atoms with E-state index >= 15 is 14.4 Å². The molecule has 12 rings (SSSR count). The maximum Gasteiger partial charge on any atom is 0.330 e. The number of aliphatic hydroxyl groups is 6. The summed E-state index contributed by atoms with van der Waals surface area (Å²) in [7, 11) is 0. The summed E-state index contributed by atoms with van der Waals surface area (Å²) in [5.41, 5.74) is 14.2. The fourth-order valence-corrected chi connectivity index (χ4v) is 12.9. The molecule has 11 bridgehead atoms. The van der Waals surface area contributed by atoms with E-state index < -0.39 is 244 Å². The van der Waals surface area contributed by atoms with Crippen LogP contribution in [0.3, 0.4) is 0 Å². The number of nitrogens with two attached hydrogens (primary N) is 3. The van der Waals surface area contributed by atoms with Crippen LogP contribution in [0, 0.1) is 5.92 Å². The number of ether oxygens (including phenoxy) is 6. The van der Waals surface area contributed by atoms with Crippen LogP contribution in [0.25, 0.3) is 11.1 Å². The average molecular weight is 1450 g/mol. The second kappa shape index (κ2) is 30.2. The van der Waals surface area contributed by atoms with Gasteiger partial charge in [0.05, 0.1) is 34.9 Å². The normalized spacial score (nSPS) is 29.4. The van der Waals surface area contributed by atoms with E-state index in [-0.39, 0.29) is 46.2 Å². The largest absolute Gasteiger partial charge is 0.508 e. The zero-order valence-corrected chi connectivity index (χ0v) is 55.6. The minimum atomic E-state index is -2.32.